The van der Waals surface area contributed by atoms with Crippen LogP contribution < -0.4 is 0 Å². The van der Waals surface area contributed by atoms with Gasteiger partial charge in [-0.25, -0.2) is 4.79 Å². The second kappa shape index (κ2) is 8.53. The molecule has 0 saturated heterocycles. The molecular weight excluding hydrogens is 330 g/mol. The minimum absolute atomic E-state index is 0.107. The number of amides is 1. The first-order chi connectivity index (χ1) is 12.4. The molecule has 1 amide bonds. The fourth-order valence-corrected chi connectivity index (χ4v) is 2.17. The highest BCUT2D eigenvalue weighted by Crippen LogP contribution is 2.26. The second-order valence-electron chi connectivity index (χ2n) is 5.66. The van der Waals surface area contributed by atoms with Crippen molar-refractivity contribution in [2.75, 3.05) is 14.1 Å². The Bertz CT molecular complexity index is 867. The molecule has 0 aromatic heterocycles. The molecule has 26 heavy (non-hydrogen) atoms. The van der Waals surface area contributed by atoms with Crippen molar-refractivity contribution < 1.29 is 14.7 Å². The highest BCUT2D eigenvalue weighted by molar-refractivity contribution is 6.11. The minimum Gasteiger partial charge on any atom is -0.478 e. The molecule has 2 rings (SSSR count). The van der Waals surface area contributed by atoms with Crippen molar-refractivity contribution in [2.45, 2.75) is 0 Å². The SMILES string of the molecule is C=C(C(=O)N(C)C)C(=CC(=O)O)c1ccc(N=Nc2ccccc2)cc1. The summed E-state index contributed by atoms with van der Waals surface area (Å²) in [5.41, 5.74) is 2.26. The third-order valence-electron chi connectivity index (χ3n) is 3.47. The predicted octanol–water partition coefficient (Wildman–Crippen LogP) is 4.21. The molecular formula is C20H19N3O3. The molecule has 0 aliphatic heterocycles. The molecule has 2 aromatic carbocycles. The zero-order valence-electron chi connectivity index (χ0n) is 14.6. The maximum absolute atomic E-state index is 12.1. The zero-order chi connectivity index (χ0) is 19.1. The normalized spacial score (nSPS) is 11.4. The van der Waals surface area contributed by atoms with Gasteiger partial charge in [0.25, 0.3) is 5.91 Å². The largest absolute Gasteiger partial charge is 0.478 e. The first-order valence-electron chi connectivity index (χ1n) is 7.81. The third-order valence-corrected chi connectivity index (χ3v) is 3.47. The number of aliphatic carboxylic acids is 1. The Morgan fingerprint density at radius 2 is 1.50 bits per heavy atom. The summed E-state index contributed by atoms with van der Waals surface area (Å²) in [6, 6.07) is 16.1. The van der Waals surface area contributed by atoms with E-state index in [1.54, 1.807) is 38.4 Å². The fraction of sp³-hybridized carbons (Fsp3) is 0.100. The van der Waals surface area contributed by atoms with Crippen molar-refractivity contribution >= 4 is 28.8 Å². The first-order valence-corrected chi connectivity index (χ1v) is 7.81. The number of carboxylic acids is 1. The predicted molar refractivity (Wildman–Crippen MR) is 101 cm³/mol. The Balaban J connectivity index is 2.28. The number of azo groups is 1. The standard InChI is InChI=1S/C20H19N3O3/c1-14(20(26)23(2)3)18(13-19(24)25)15-9-11-17(12-10-15)22-21-16-7-5-4-6-8-16/h4-13H,1H2,2-3H3,(H,24,25). The molecule has 0 radical (unpaired) electrons. The summed E-state index contributed by atoms with van der Waals surface area (Å²) in [6.07, 6.45) is 0.976. The molecule has 0 aliphatic carbocycles. The summed E-state index contributed by atoms with van der Waals surface area (Å²) < 4.78 is 0. The Labute approximate surface area is 151 Å². The molecule has 0 aliphatic rings. The number of carboxylic acid groups (broad SMARTS) is 1. The van der Waals surface area contributed by atoms with E-state index in [1.165, 1.54) is 4.90 Å². The number of benzene rings is 2. The summed E-state index contributed by atoms with van der Waals surface area (Å²) >= 11 is 0. The lowest BCUT2D eigenvalue weighted by Gasteiger charge is -2.15. The monoisotopic (exact) mass is 349 g/mol. The highest BCUT2D eigenvalue weighted by atomic mass is 16.4. The molecule has 2 aromatic rings. The minimum atomic E-state index is -1.15. The molecule has 1 N–H and O–H groups in total. The van der Waals surface area contributed by atoms with E-state index in [0.717, 1.165) is 11.8 Å². The van der Waals surface area contributed by atoms with Crippen molar-refractivity contribution in [3.63, 3.8) is 0 Å². The average molecular weight is 349 g/mol. The lowest BCUT2D eigenvalue weighted by molar-refractivity contribution is -0.131. The lowest BCUT2D eigenvalue weighted by Crippen LogP contribution is -2.23. The fourth-order valence-electron chi connectivity index (χ4n) is 2.17. The van der Waals surface area contributed by atoms with Gasteiger partial charge in [-0.05, 0) is 29.8 Å². The molecule has 0 spiro atoms. The van der Waals surface area contributed by atoms with Crippen LogP contribution in [0.5, 0.6) is 0 Å². The van der Waals surface area contributed by atoms with Crippen LogP contribution in [-0.4, -0.2) is 36.0 Å². The summed E-state index contributed by atoms with van der Waals surface area (Å²) in [5, 5.41) is 17.4. The van der Waals surface area contributed by atoms with Gasteiger partial charge < -0.3 is 10.0 Å². The smallest absolute Gasteiger partial charge is 0.328 e. The van der Waals surface area contributed by atoms with Crippen LogP contribution in [0.1, 0.15) is 5.56 Å². The van der Waals surface area contributed by atoms with Gasteiger partial charge in [0.05, 0.1) is 11.4 Å². The van der Waals surface area contributed by atoms with Crippen LogP contribution in [0.25, 0.3) is 5.57 Å². The Kier molecular flexibility index (Phi) is 6.16. The van der Waals surface area contributed by atoms with Gasteiger partial charge in [0, 0.05) is 31.3 Å². The lowest BCUT2D eigenvalue weighted by atomic mass is 9.97. The molecule has 6 nitrogen and oxygen atoms in total. The average Bonchev–Trinajstić information content (AvgIpc) is 2.64. The maximum Gasteiger partial charge on any atom is 0.328 e. The van der Waals surface area contributed by atoms with E-state index in [4.69, 9.17) is 5.11 Å². The Morgan fingerprint density at radius 3 is 2.00 bits per heavy atom. The van der Waals surface area contributed by atoms with E-state index in [-0.39, 0.29) is 17.1 Å². The topological polar surface area (TPSA) is 82.3 Å². The van der Waals surface area contributed by atoms with Crippen molar-refractivity contribution in [1.29, 1.82) is 0 Å². The van der Waals surface area contributed by atoms with Crippen LogP contribution in [0.4, 0.5) is 11.4 Å². The van der Waals surface area contributed by atoms with Crippen molar-refractivity contribution in [3.8, 4) is 0 Å². The van der Waals surface area contributed by atoms with Gasteiger partial charge in [-0.1, -0.05) is 36.9 Å². The van der Waals surface area contributed by atoms with Gasteiger partial charge in [0.15, 0.2) is 0 Å². The summed E-state index contributed by atoms with van der Waals surface area (Å²) in [7, 11) is 3.16. The molecule has 0 saturated carbocycles. The Morgan fingerprint density at radius 1 is 0.962 bits per heavy atom. The molecule has 0 bridgehead atoms. The Hall–Kier alpha value is -3.54. The summed E-state index contributed by atoms with van der Waals surface area (Å²) in [4.78, 5) is 24.6. The summed E-state index contributed by atoms with van der Waals surface area (Å²) in [5.74, 6) is -1.51. The molecule has 0 heterocycles. The first kappa shape index (κ1) is 18.8. The van der Waals surface area contributed by atoms with Crippen LogP contribution in [-0.2, 0) is 9.59 Å². The van der Waals surface area contributed by atoms with Gasteiger partial charge in [-0.2, -0.15) is 10.2 Å². The van der Waals surface area contributed by atoms with Crippen molar-refractivity contribution in [1.82, 2.24) is 4.90 Å². The number of carbonyl (C=O) groups excluding carboxylic acids is 1. The zero-order valence-corrected chi connectivity index (χ0v) is 14.6. The van der Waals surface area contributed by atoms with Crippen LogP contribution in [0, 0.1) is 0 Å². The summed E-state index contributed by atoms with van der Waals surface area (Å²) in [6.45, 7) is 3.74. The maximum atomic E-state index is 12.1. The van der Waals surface area contributed by atoms with Crippen molar-refractivity contribution in [3.05, 3.63) is 78.4 Å². The second-order valence-corrected chi connectivity index (χ2v) is 5.66. The van der Waals surface area contributed by atoms with Crippen LogP contribution >= 0.6 is 0 Å². The number of rotatable bonds is 6. The van der Waals surface area contributed by atoms with Crippen LogP contribution in [0.2, 0.25) is 0 Å². The molecule has 0 atom stereocenters. The molecule has 0 fully saturated rings. The van der Waals surface area contributed by atoms with Gasteiger partial charge in [-0.3, -0.25) is 4.79 Å². The number of hydrogen-bond acceptors (Lipinski definition) is 4. The van der Waals surface area contributed by atoms with Gasteiger partial charge in [0.1, 0.15) is 0 Å². The van der Waals surface area contributed by atoms with E-state index < -0.39 is 5.97 Å². The molecule has 6 heteroatoms. The van der Waals surface area contributed by atoms with Gasteiger partial charge in [-0.15, -0.1) is 0 Å². The number of likely N-dealkylation sites (N-methyl/N-ethyl adjacent to an activating group) is 1. The molecule has 132 valence electrons. The quantitative estimate of drug-likeness (QED) is 0.482. The number of carbonyl (C=O) groups is 2. The van der Waals surface area contributed by atoms with E-state index in [1.807, 2.05) is 30.3 Å². The van der Waals surface area contributed by atoms with Crippen LogP contribution in [0.15, 0.2) is 83.1 Å². The van der Waals surface area contributed by atoms with Gasteiger partial charge >= 0.3 is 5.97 Å². The van der Waals surface area contributed by atoms with E-state index in [2.05, 4.69) is 16.8 Å². The van der Waals surface area contributed by atoms with Crippen molar-refractivity contribution in [2.24, 2.45) is 10.2 Å². The molecule has 0 unspecified atom stereocenters. The van der Waals surface area contributed by atoms with E-state index in [9.17, 15) is 9.59 Å². The highest BCUT2D eigenvalue weighted by Gasteiger charge is 2.17. The van der Waals surface area contributed by atoms with E-state index >= 15 is 0 Å². The number of nitrogens with zero attached hydrogens (tertiary/aromatic N) is 3. The van der Waals surface area contributed by atoms with E-state index in [0.29, 0.717) is 11.3 Å². The van der Waals surface area contributed by atoms with Crippen LogP contribution in [0.3, 0.4) is 0 Å². The van der Waals surface area contributed by atoms with Gasteiger partial charge in [0.2, 0.25) is 0 Å². The third kappa shape index (κ3) is 4.98. The number of hydrogen-bond donors (Lipinski definition) is 1.